The highest BCUT2D eigenvalue weighted by Crippen LogP contribution is 2.32. The molecule has 0 atom stereocenters. The van der Waals surface area contributed by atoms with Gasteiger partial charge in [0.1, 0.15) is 21.7 Å². The number of hydrogen-bond acceptors (Lipinski definition) is 4. The Bertz CT molecular complexity index is 1170. The van der Waals surface area contributed by atoms with Crippen molar-refractivity contribution in [2.45, 2.75) is 13.1 Å². The molecule has 4 rings (SSSR count). The van der Waals surface area contributed by atoms with Crippen LogP contribution in [-0.2, 0) is 6.18 Å². The van der Waals surface area contributed by atoms with E-state index in [2.05, 4.69) is 20.1 Å². The van der Waals surface area contributed by atoms with Crippen LogP contribution in [0, 0.1) is 6.92 Å². The normalized spacial score (nSPS) is 12.2. The van der Waals surface area contributed by atoms with Crippen LogP contribution in [0.25, 0.3) is 28.1 Å². The van der Waals surface area contributed by atoms with Gasteiger partial charge in [-0.2, -0.15) is 18.3 Å². The number of halogens is 5. The van der Waals surface area contributed by atoms with Crippen molar-refractivity contribution < 1.29 is 13.2 Å². The van der Waals surface area contributed by atoms with E-state index in [1.807, 2.05) is 0 Å². The summed E-state index contributed by atoms with van der Waals surface area (Å²) >= 11 is 12.0. The number of aryl methyl sites for hydroxylation is 1. The largest absolute Gasteiger partial charge is 0.416 e. The van der Waals surface area contributed by atoms with E-state index < -0.39 is 11.7 Å². The van der Waals surface area contributed by atoms with Crippen LogP contribution in [0.5, 0.6) is 0 Å². The molecule has 0 spiro atoms. The van der Waals surface area contributed by atoms with Gasteiger partial charge in [0.25, 0.3) is 0 Å². The van der Waals surface area contributed by atoms with E-state index >= 15 is 0 Å². The Labute approximate surface area is 154 Å². The van der Waals surface area contributed by atoms with Crippen molar-refractivity contribution in [2.75, 3.05) is 0 Å². The van der Waals surface area contributed by atoms with Gasteiger partial charge >= 0.3 is 6.18 Å². The Morgan fingerprint density at radius 1 is 0.962 bits per heavy atom. The second-order valence-corrected chi connectivity index (χ2v) is 6.33. The molecule has 26 heavy (non-hydrogen) atoms. The average Bonchev–Trinajstić information content (AvgIpc) is 2.96. The highest BCUT2D eigenvalue weighted by molar-refractivity contribution is 6.33. The molecule has 4 aromatic rings. The summed E-state index contributed by atoms with van der Waals surface area (Å²) in [5, 5.41) is 4.75. The maximum atomic E-state index is 12.9. The standard InChI is InChI=1S/C16H8Cl2F3N5/c1-7-15(11-5-14-24-12(17)6-13(18)26(14)25-11)23-10-4-8(16(19,20)21)2-3-9(10)22-7/h2-6H,1H3. The van der Waals surface area contributed by atoms with Gasteiger partial charge in [0, 0.05) is 12.1 Å². The Morgan fingerprint density at radius 2 is 1.73 bits per heavy atom. The van der Waals surface area contributed by atoms with Gasteiger partial charge in [-0.1, -0.05) is 23.2 Å². The second kappa shape index (κ2) is 5.78. The lowest BCUT2D eigenvalue weighted by molar-refractivity contribution is -0.137. The van der Waals surface area contributed by atoms with Gasteiger partial charge in [-0.3, -0.25) is 0 Å². The lowest BCUT2D eigenvalue weighted by Crippen LogP contribution is -2.05. The fourth-order valence-electron chi connectivity index (χ4n) is 2.59. The van der Waals surface area contributed by atoms with Crippen LogP contribution < -0.4 is 0 Å². The second-order valence-electron chi connectivity index (χ2n) is 5.56. The first-order valence-electron chi connectivity index (χ1n) is 7.30. The van der Waals surface area contributed by atoms with Gasteiger partial charge in [0.15, 0.2) is 5.65 Å². The third-order valence-corrected chi connectivity index (χ3v) is 4.22. The number of rotatable bonds is 1. The van der Waals surface area contributed by atoms with Crippen LogP contribution in [0.2, 0.25) is 10.3 Å². The molecule has 0 N–H and O–H groups in total. The number of hydrogen-bond donors (Lipinski definition) is 0. The Kier molecular flexibility index (Phi) is 3.78. The van der Waals surface area contributed by atoms with Gasteiger partial charge in [0.05, 0.1) is 22.3 Å². The first-order valence-corrected chi connectivity index (χ1v) is 8.06. The highest BCUT2D eigenvalue weighted by Gasteiger charge is 2.30. The Balaban J connectivity index is 1.93. The van der Waals surface area contributed by atoms with E-state index in [1.54, 1.807) is 13.0 Å². The van der Waals surface area contributed by atoms with Crippen molar-refractivity contribution >= 4 is 39.9 Å². The maximum absolute atomic E-state index is 12.9. The topological polar surface area (TPSA) is 56.0 Å². The molecule has 10 heteroatoms. The van der Waals surface area contributed by atoms with E-state index in [4.69, 9.17) is 23.2 Å². The number of fused-ring (bicyclic) bond motifs is 2. The first-order chi connectivity index (χ1) is 12.2. The van der Waals surface area contributed by atoms with Crippen LogP contribution in [0.4, 0.5) is 13.2 Å². The van der Waals surface area contributed by atoms with Crippen LogP contribution in [0.3, 0.4) is 0 Å². The minimum absolute atomic E-state index is 0.120. The van der Waals surface area contributed by atoms with Crippen molar-refractivity contribution in [2.24, 2.45) is 0 Å². The van der Waals surface area contributed by atoms with E-state index in [0.29, 0.717) is 28.2 Å². The molecule has 0 saturated heterocycles. The number of nitrogens with zero attached hydrogens (tertiary/aromatic N) is 5. The molecule has 0 aliphatic heterocycles. The van der Waals surface area contributed by atoms with E-state index in [0.717, 1.165) is 12.1 Å². The summed E-state index contributed by atoms with van der Waals surface area (Å²) in [6.45, 7) is 1.70. The van der Waals surface area contributed by atoms with Crippen LogP contribution in [0.1, 0.15) is 11.3 Å². The summed E-state index contributed by atoms with van der Waals surface area (Å²) in [6, 6.07) is 6.26. The fourth-order valence-corrected chi connectivity index (χ4v) is 3.06. The summed E-state index contributed by atoms with van der Waals surface area (Å²) in [5.74, 6) is 0. The molecule has 0 aliphatic carbocycles. The van der Waals surface area contributed by atoms with Crippen molar-refractivity contribution in [3.63, 3.8) is 0 Å². The maximum Gasteiger partial charge on any atom is 0.416 e. The number of alkyl halides is 3. The molecule has 0 radical (unpaired) electrons. The van der Waals surface area contributed by atoms with Crippen molar-refractivity contribution in [3.8, 4) is 11.4 Å². The third kappa shape index (κ3) is 2.85. The molecule has 1 aromatic carbocycles. The molecule has 0 aliphatic rings. The first kappa shape index (κ1) is 17.0. The van der Waals surface area contributed by atoms with E-state index in [1.165, 1.54) is 16.6 Å². The minimum atomic E-state index is -4.46. The van der Waals surface area contributed by atoms with Gasteiger partial charge in [-0.15, -0.1) is 0 Å². The zero-order valence-corrected chi connectivity index (χ0v) is 14.5. The van der Waals surface area contributed by atoms with Crippen molar-refractivity contribution in [3.05, 3.63) is 51.9 Å². The molecular formula is C16H8Cl2F3N5. The van der Waals surface area contributed by atoms with Gasteiger partial charge in [-0.25, -0.2) is 19.5 Å². The zero-order valence-electron chi connectivity index (χ0n) is 13.0. The lowest BCUT2D eigenvalue weighted by atomic mass is 10.1. The molecule has 0 saturated carbocycles. The zero-order chi connectivity index (χ0) is 18.6. The van der Waals surface area contributed by atoms with Gasteiger partial charge < -0.3 is 0 Å². The summed E-state index contributed by atoms with van der Waals surface area (Å²) in [7, 11) is 0. The molecule has 0 fully saturated rings. The quantitative estimate of drug-likeness (QED) is 0.425. The summed E-state index contributed by atoms with van der Waals surface area (Å²) in [4.78, 5) is 12.8. The fraction of sp³-hybridized carbons (Fsp3) is 0.125. The van der Waals surface area contributed by atoms with Gasteiger partial charge in [0.2, 0.25) is 0 Å². The molecule has 132 valence electrons. The molecule has 3 heterocycles. The van der Waals surface area contributed by atoms with Crippen molar-refractivity contribution in [1.82, 2.24) is 24.6 Å². The van der Waals surface area contributed by atoms with E-state index in [-0.39, 0.29) is 15.8 Å². The van der Waals surface area contributed by atoms with Gasteiger partial charge in [-0.05, 0) is 25.1 Å². The van der Waals surface area contributed by atoms with Crippen LogP contribution >= 0.6 is 23.2 Å². The molecular weight excluding hydrogens is 390 g/mol. The third-order valence-electron chi connectivity index (χ3n) is 3.76. The summed E-state index contributed by atoms with van der Waals surface area (Å²) in [5.41, 5.74) is 1.32. The summed E-state index contributed by atoms with van der Waals surface area (Å²) < 4.78 is 40.2. The van der Waals surface area contributed by atoms with E-state index in [9.17, 15) is 13.2 Å². The molecule has 0 amide bonds. The van der Waals surface area contributed by atoms with Crippen LogP contribution in [-0.4, -0.2) is 24.6 Å². The van der Waals surface area contributed by atoms with Crippen molar-refractivity contribution in [1.29, 1.82) is 0 Å². The predicted molar refractivity (Wildman–Crippen MR) is 91.3 cm³/mol. The number of aromatic nitrogens is 5. The molecule has 3 aromatic heterocycles. The lowest BCUT2D eigenvalue weighted by Gasteiger charge is -2.08. The smallest absolute Gasteiger partial charge is 0.249 e. The SMILES string of the molecule is Cc1nc2ccc(C(F)(F)F)cc2nc1-c1cc2nc(Cl)cc(Cl)n2n1. The Morgan fingerprint density at radius 3 is 2.46 bits per heavy atom. The Hall–Kier alpha value is -2.45. The molecule has 0 unspecified atom stereocenters. The highest BCUT2D eigenvalue weighted by atomic mass is 35.5. The predicted octanol–water partition coefficient (Wildman–Crippen LogP) is 4.97. The average molecular weight is 398 g/mol. The number of benzene rings is 1. The minimum Gasteiger partial charge on any atom is -0.249 e. The van der Waals surface area contributed by atoms with Crippen LogP contribution in [0.15, 0.2) is 30.3 Å². The monoisotopic (exact) mass is 397 g/mol. The molecule has 5 nitrogen and oxygen atoms in total. The molecule has 0 bridgehead atoms. The summed E-state index contributed by atoms with van der Waals surface area (Å²) in [6.07, 6.45) is -4.46.